The van der Waals surface area contributed by atoms with Crippen LogP contribution >= 0.6 is 11.6 Å². The number of halogens is 1. The van der Waals surface area contributed by atoms with E-state index in [1.807, 2.05) is 51.1 Å². The molecule has 2 aromatic rings. The van der Waals surface area contributed by atoms with E-state index in [0.717, 1.165) is 41.9 Å². The van der Waals surface area contributed by atoms with Crippen molar-refractivity contribution in [3.05, 3.63) is 53.1 Å². The molecule has 0 unspecified atom stereocenters. The van der Waals surface area contributed by atoms with Gasteiger partial charge < -0.3 is 25.2 Å². The average molecular weight is 475 g/mol. The molecule has 0 saturated carbocycles. The Morgan fingerprint density at radius 1 is 1.21 bits per heavy atom. The van der Waals surface area contributed by atoms with Gasteiger partial charge in [0.2, 0.25) is 0 Å². The predicted octanol–water partition coefficient (Wildman–Crippen LogP) is 5.81. The van der Waals surface area contributed by atoms with Gasteiger partial charge in [-0.1, -0.05) is 24.6 Å². The van der Waals surface area contributed by atoms with Crippen LogP contribution < -0.4 is 10.2 Å². The summed E-state index contributed by atoms with van der Waals surface area (Å²) in [5.41, 5.74) is 2.85. The number of rotatable bonds is 10. The monoisotopic (exact) mass is 474 g/mol. The summed E-state index contributed by atoms with van der Waals surface area (Å²) in [6.07, 6.45) is 2.59. The zero-order valence-corrected chi connectivity index (χ0v) is 20.4. The number of aliphatic carboxylic acids is 1. The van der Waals surface area contributed by atoms with E-state index in [-0.39, 0.29) is 18.4 Å². The standard InChI is InChI=1S/C26H35ClN2O4/c1-4-18(16-25(30)31)19-5-10-24(23(15-19)28-21-8-6-20(27)7-9-21)29(17-26(2,3)32)22-11-13-33-14-12-22/h5-10,15,18,22,28,32H,4,11-14,16-17H2,1-3H3,(H,30,31)/t18-/m0/s1. The van der Waals surface area contributed by atoms with Gasteiger partial charge >= 0.3 is 5.97 Å². The Morgan fingerprint density at radius 2 is 1.88 bits per heavy atom. The summed E-state index contributed by atoms with van der Waals surface area (Å²) in [7, 11) is 0. The molecule has 1 saturated heterocycles. The Hall–Kier alpha value is -2.28. The number of nitrogens with one attached hydrogen (secondary N) is 1. The van der Waals surface area contributed by atoms with Gasteiger partial charge in [0.15, 0.2) is 0 Å². The van der Waals surface area contributed by atoms with Gasteiger partial charge in [-0.2, -0.15) is 0 Å². The lowest BCUT2D eigenvalue weighted by atomic mass is 9.92. The van der Waals surface area contributed by atoms with E-state index in [0.29, 0.717) is 24.8 Å². The Kier molecular flexibility index (Phi) is 8.63. The van der Waals surface area contributed by atoms with Gasteiger partial charge in [0.25, 0.3) is 0 Å². The van der Waals surface area contributed by atoms with Crippen molar-refractivity contribution in [3.63, 3.8) is 0 Å². The first-order chi connectivity index (χ1) is 15.7. The molecule has 2 aromatic carbocycles. The molecule has 1 heterocycles. The maximum Gasteiger partial charge on any atom is 0.303 e. The SMILES string of the molecule is CC[C@@H](CC(=O)O)c1ccc(N(CC(C)(C)O)C2CCOCC2)c(Nc2ccc(Cl)cc2)c1. The number of benzene rings is 2. The van der Waals surface area contributed by atoms with E-state index in [1.165, 1.54) is 0 Å². The molecule has 33 heavy (non-hydrogen) atoms. The molecule has 0 radical (unpaired) electrons. The van der Waals surface area contributed by atoms with Crippen LogP contribution in [0.5, 0.6) is 0 Å². The molecule has 1 aliphatic heterocycles. The zero-order chi connectivity index (χ0) is 24.0. The van der Waals surface area contributed by atoms with Crippen molar-refractivity contribution >= 4 is 34.6 Å². The van der Waals surface area contributed by atoms with Crippen LogP contribution in [0.4, 0.5) is 17.1 Å². The van der Waals surface area contributed by atoms with Crippen molar-refractivity contribution < 1.29 is 19.7 Å². The Balaban J connectivity index is 2.05. The minimum atomic E-state index is -0.885. The molecule has 3 N–H and O–H groups in total. The summed E-state index contributed by atoms with van der Waals surface area (Å²) in [6, 6.07) is 13.9. The number of carboxylic acids is 1. The van der Waals surface area contributed by atoms with Crippen LogP contribution in [-0.4, -0.2) is 47.6 Å². The molecule has 7 heteroatoms. The van der Waals surface area contributed by atoms with Gasteiger partial charge in [0.1, 0.15) is 0 Å². The average Bonchev–Trinajstić information content (AvgIpc) is 2.77. The van der Waals surface area contributed by atoms with Crippen LogP contribution in [0.1, 0.15) is 57.9 Å². The molecular weight excluding hydrogens is 440 g/mol. The number of ether oxygens (including phenoxy) is 1. The number of hydrogen-bond donors (Lipinski definition) is 3. The van der Waals surface area contributed by atoms with Crippen molar-refractivity contribution in [3.8, 4) is 0 Å². The van der Waals surface area contributed by atoms with E-state index in [4.69, 9.17) is 16.3 Å². The van der Waals surface area contributed by atoms with Gasteiger partial charge in [-0.05, 0) is 81.0 Å². The summed E-state index contributed by atoms with van der Waals surface area (Å²) >= 11 is 6.07. The second-order valence-electron chi connectivity index (χ2n) is 9.40. The Labute approximate surface area is 201 Å². The molecule has 0 spiro atoms. The van der Waals surface area contributed by atoms with Crippen LogP contribution in [0.15, 0.2) is 42.5 Å². The van der Waals surface area contributed by atoms with Gasteiger partial charge in [-0.15, -0.1) is 0 Å². The van der Waals surface area contributed by atoms with Gasteiger partial charge in [-0.25, -0.2) is 0 Å². The molecular formula is C26H35ClN2O4. The molecule has 0 amide bonds. The van der Waals surface area contributed by atoms with E-state index < -0.39 is 11.6 Å². The van der Waals surface area contributed by atoms with Crippen molar-refractivity contribution in [2.75, 3.05) is 30.0 Å². The molecule has 6 nitrogen and oxygen atoms in total. The maximum atomic E-state index is 11.4. The third kappa shape index (κ3) is 7.36. The summed E-state index contributed by atoms with van der Waals surface area (Å²) < 4.78 is 5.58. The topological polar surface area (TPSA) is 82.0 Å². The fourth-order valence-electron chi connectivity index (χ4n) is 4.38. The van der Waals surface area contributed by atoms with E-state index in [1.54, 1.807) is 0 Å². The lowest BCUT2D eigenvalue weighted by molar-refractivity contribution is -0.137. The Bertz CT molecular complexity index is 921. The predicted molar refractivity (Wildman–Crippen MR) is 134 cm³/mol. The largest absolute Gasteiger partial charge is 0.481 e. The van der Waals surface area contributed by atoms with E-state index in [2.05, 4.69) is 22.3 Å². The molecule has 0 bridgehead atoms. The second kappa shape index (κ2) is 11.2. The quantitative estimate of drug-likeness (QED) is 0.403. The molecule has 1 aliphatic rings. The molecule has 0 aliphatic carbocycles. The number of anilines is 3. The summed E-state index contributed by atoms with van der Waals surface area (Å²) in [5, 5.41) is 24.2. The molecule has 1 fully saturated rings. The lowest BCUT2D eigenvalue weighted by Gasteiger charge is -2.40. The minimum Gasteiger partial charge on any atom is -0.481 e. The number of nitrogens with zero attached hydrogens (tertiary/aromatic N) is 1. The van der Waals surface area contributed by atoms with Crippen LogP contribution in [0.3, 0.4) is 0 Å². The first-order valence-electron chi connectivity index (χ1n) is 11.6. The van der Waals surface area contributed by atoms with Gasteiger partial charge in [0, 0.05) is 36.5 Å². The molecule has 0 aromatic heterocycles. The maximum absolute atomic E-state index is 11.4. The van der Waals surface area contributed by atoms with Gasteiger partial charge in [-0.3, -0.25) is 4.79 Å². The highest BCUT2D eigenvalue weighted by Crippen LogP contribution is 2.37. The van der Waals surface area contributed by atoms with Gasteiger partial charge in [0.05, 0.1) is 23.4 Å². The number of carboxylic acid groups (broad SMARTS) is 1. The number of hydrogen-bond acceptors (Lipinski definition) is 5. The van der Waals surface area contributed by atoms with Crippen molar-refractivity contribution in [2.45, 2.75) is 64.0 Å². The van der Waals surface area contributed by atoms with E-state index >= 15 is 0 Å². The number of carbonyl (C=O) groups is 1. The number of aliphatic hydroxyl groups is 1. The summed E-state index contributed by atoms with van der Waals surface area (Å²) in [4.78, 5) is 13.7. The third-order valence-electron chi connectivity index (χ3n) is 6.03. The first kappa shape index (κ1) is 25.3. The van der Waals surface area contributed by atoms with Crippen LogP contribution in [0, 0.1) is 0 Å². The molecule has 3 rings (SSSR count). The Morgan fingerprint density at radius 3 is 2.45 bits per heavy atom. The van der Waals surface area contributed by atoms with E-state index in [9.17, 15) is 15.0 Å². The summed E-state index contributed by atoms with van der Waals surface area (Å²) in [5.74, 6) is -0.878. The highest BCUT2D eigenvalue weighted by molar-refractivity contribution is 6.30. The van der Waals surface area contributed by atoms with Crippen molar-refractivity contribution in [1.29, 1.82) is 0 Å². The molecule has 180 valence electrons. The smallest absolute Gasteiger partial charge is 0.303 e. The first-order valence-corrected chi connectivity index (χ1v) is 12.0. The van der Waals surface area contributed by atoms with Crippen LogP contribution in [0.25, 0.3) is 0 Å². The fraction of sp³-hybridized carbons (Fsp3) is 0.500. The fourth-order valence-corrected chi connectivity index (χ4v) is 4.51. The van der Waals surface area contributed by atoms with Crippen LogP contribution in [0.2, 0.25) is 5.02 Å². The van der Waals surface area contributed by atoms with Crippen LogP contribution in [-0.2, 0) is 9.53 Å². The van der Waals surface area contributed by atoms with Crippen molar-refractivity contribution in [2.24, 2.45) is 0 Å². The summed E-state index contributed by atoms with van der Waals surface area (Å²) in [6.45, 7) is 7.51. The molecule has 1 atom stereocenters. The van der Waals surface area contributed by atoms with Crippen molar-refractivity contribution in [1.82, 2.24) is 0 Å². The normalized spacial score (nSPS) is 15.8. The third-order valence-corrected chi connectivity index (χ3v) is 6.28. The minimum absolute atomic E-state index is 0.0758. The highest BCUT2D eigenvalue weighted by Gasteiger charge is 2.29. The zero-order valence-electron chi connectivity index (χ0n) is 19.7. The second-order valence-corrected chi connectivity index (χ2v) is 9.83. The lowest BCUT2D eigenvalue weighted by Crippen LogP contribution is -2.47. The highest BCUT2D eigenvalue weighted by atomic mass is 35.5.